The molecule has 1 aliphatic heterocycles. The van der Waals surface area contributed by atoms with Crippen LogP contribution in [0.2, 0.25) is 0 Å². The minimum atomic E-state index is -3.58. The number of hydrogen-bond acceptors (Lipinski definition) is 7. The third kappa shape index (κ3) is 5.48. The van der Waals surface area contributed by atoms with Crippen LogP contribution in [0, 0.1) is 0 Å². The number of piperidine rings is 1. The highest BCUT2D eigenvalue weighted by Crippen LogP contribution is 2.27. The number of rotatable bonds is 9. The van der Waals surface area contributed by atoms with Crippen LogP contribution < -0.4 is 0 Å². The Morgan fingerprint density at radius 3 is 2.71 bits per heavy atom. The molecule has 1 aromatic carbocycles. The standard InChI is InChI=1S/C21H30N4O4S2/c1-4-17-11-7-8-13-25(17)19(26)15-30-21-23-22-20(29-21)16-10-9-12-18(14-16)31(27,28)24(5-2)6-3/h9-10,12,14,17H,4-8,11,13,15H2,1-3H3. The molecule has 1 atom stereocenters. The number of aromatic nitrogens is 2. The summed E-state index contributed by atoms with van der Waals surface area (Å²) in [5.74, 6) is 0.564. The summed E-state index contributed by atoms with van der Waals surface area (Å²) in [6, 6.07) is 6.81. The first-order valence-corrected chi connectivity index (χ1v) is 13.2. The number of hydrogen-bond donors (Lipinski definition) is 0. The summed E-state index contributed by atoms with van der Waals surface area (Å²) in [6.07, 6.45) is 4.24. The summed E-state index contributed by atoms with van der Waals surface area (Å²) >= 11 is 1.21. The number of carbonyl (C=O) groups excluding carboxylic acids is 1. The van der Waals surface area contributed by atoms with Gasteiger partial charge in [0.1, 0.15) is 0 Å². The number of nitrogens with zero attached hydrogens (tertiary/aromatic N) is 4. The summed E-state index contributed by atoms with van der Waals surface area (Å²) in [5, 5.41) is 8.37. The van der Waals surface area contributed by atoms with Crippen LogP contribution in [-0.4, -0.2) is 65.2 Å². The molecule has 170 valence electrons. The molecule has 2 aromatic rings. The Balaban J connectivity index is 1.69. The molecule has 0 spiro atoms. The SMILES string of the molecule is CCC1CCCCN1C(=O)CSc1nnc(-c2cccc(S(=O)(=O)N(CC)CC)c2)o1. The first-order valence-electron chi connectivity index (χ1n) is 10.8. The predicted molar refractivity (Wildman–Crippen MR) is 120 cm³/mol. The van der Waals surface area contributed by atoms with Gasteiger partial charge in [-0.1, -0.05) is 38.6 Å². The van der Waals surface area contributed by atoms with Crippen LogP contribution in [0.15, 0.2) is 38.8 Å². The topological polar surface area (TPSA) is 96.6 Å². The average molecular weight is 467 g/mol. The lowest BCUT2D eigenvalue weighted by Crippen LogP contribution is -2.44. The van der Waals surface area contributed by atoms with Gasteiger partial charge < -0.3 is 9.32 Å². The first kappa shape index (κ1) is 23.7. The highest BCUT2D eigenvalue weighted by atomic mass is 32.2. The summed E-state index contributed by atoms with van der Waals surface area (Å²) in [4.78, 5) is 14.8. The fourth-order valence-corrected chi connectivity index (χ4v) is 6.00. The zero-order chi connectivity index (χ0) is 22.4. The molecule has 0 bridgehead atoms. The van der Waals surface area contributed by atoms with Crippen LogP contribution in [0.4, 0.5) is 0 Å². The van der Waals surface area contributed by atoms with Crippen molar-refractivity contribution < 1.29 is 17.6 Å². The van der Waals surface area contributed by atoms with Crippen molar-refractivity contribution in [1.29, 1.82) is 0 Å². The monoisotopic (exact) mass is 466 g/mol. The van der Waals surface area contributed by atoms with Crippen molar-refractivity contribution in [2.45, 2.75) is 62.6 Å². The van der Waals surface area contributed by atoms with Crippen molar-refractivity contribution in [2.24, 2.45) is 0 Å². The molecule has 1 unspecified atom stereocenters. The molecule has 31 heavy (non-hydrogen) atoms. The van der Waals surface area contributed by atoms with Crippen molar-refractivity contribution in [3.8, 4) is 11.5 Å². The second-order valence-corrected chi connectivity index (χ2v) is 10.3. The zero-order valence-electron chi connectivity index (χ0n) is 18.3. The summed E-state index contributed by atoms with van der Waals surface area (Å²) < 4.78 is 32.7. The maximum absolute atomic E-state index is 12.8. The van der Waals surface area contributed by atoms with E-state index in [1.165, 1.54) is 22.5 Å². The van der Waals surface area contributed by atoms with Gasteiger partial charge in [-0.15, -0.1) is 10.2 Å². The molecule has 1 amide bonds. The Kier molecular flexibility index (Phi) is 8.12. The van der Waals surface area contributed by atoms with E-state index in [0.717, 1.165) is 25.8 Å². The molecule has 10 heteroatoms. The summed E-state index contributed by atoms with van der Waals surface area (Å²) in [6.45, 7) is 7.33. The first-order chi connectivity index (χ1) is 14.9. The molecule has 8 nitrogen and oxygen atoms in total. The van der Waals surface area contributed by atoms with Gasteiger partial charge in [0.25, 0.3) is 5.22 Å². The highest BCUT2D eigenvalue weighted by Gasteiger charge is 2.26. The third-order valence-electron chi connectivity index (χ3n) is 5.57. The third-order valence-corrected chi connectivity index (χ3v) is 8.42. The molecule has 1 saturated heterocycles. The maximum Gasteiger partial charge on any atom is 0.277 e. The molecule has 1 aliphatic rings. The Morgan fingerprint density at radius 2 is 2.00 bits per heavy atom. The number of sulfonamides is 1. The Labute approximate surface area is 188 Å². The van der Waals surface area contributed by atoms with Crippen LogP contribution in [0.3, 0.4) is 0 Å². The molecule has 0 radical (unpaired) electrons. The predicted octanol–water partition coefficient (Wildman–Crippen LogP) is 3.65. The Bertz CT molecular complexity index is 989. The lowest BCUT2D eigenvalue weighted by Gasteiger charge is -2.35. The van der Waals surface area contributed by atoms with Gasteiger partial charge in [-0.25, -0.2) is 8.42 Å². The van der Waals surface area contributed by atoms with Crippen molar-refractivity contribution in [3.05, 3.63) is 24.3 Å². The molecule has 1 aromatic heterocycles. The van der Waals surface area contributed by atoms with Gasteiger partial charge >= 0.3 is 0 Å². The molecule has 0 N–H and O–H groups in total. The van der Waals surface area contributed by atoms with Gasteiger partial charge in [0.05, 0.1) is 10.6 Å². The number of amides is 1. The highest BCUT2D eigenvalue weighted by molar-refractivity contribution is 7.99. The fourth-order valence-electron chi connectivity index (χ4n) is 3.85. The molecule has 2 heterocycles. The van der Waals surface area contributed by atoms with Crippen LogP contribution in [-0.2, 0) is 14.8 Å². The van der Waals surface area contributed by atoms with E-state index < -0.39 is 10.0 Å². The quantitative estimate of drug-likeness (QED) is 0.520. The van der Waals surface area contributed by atoms with Crippen molar-refractivity contribution in [3.63, 3.8) is 0 Å². The van der Waals surface area contributed by atoms with Gasteiger partial charge in [-0.3, -0.25) is 4.79 Å². The lowest BCUT2D eigenvalue weighted by atomic mass is 10.0. The largest absolute Gasteiger partial charge is 0.411 e. The van der Waals surface area contributed by atoms with E-state index in [1.807, 2.05) is 4.90 Å². The summed E-state index contributed by atoms with van der Waals surface area (Å²) in [5.41, 5.74) is 0.529. The van der Waals surface area contributed by atoms with Gasteiger partial charge in [-0.2, -0.15) is 4.31 Å². The molecule has 1 fully saturated rings. The molecular formula is C21H30N4O4S2. The van der Waals surface area contributed by atoms with Crippen LogP contribution in [0.5, 0.6) is 0 Å². The average Bonchev–Trinajstić information content (AvgIpc) is 3.27. The van der Waals surface area contributed by atoms with E-state index in [0.29, 0.717) is 29.9 Å². The van der Waals surface area contributed by atoms with Gasteiger partial charge in [0.2, 0.25) is 21.8 Å². The maximum atomic E-state index is 12.8. The number of likely N-dealkylation sites (tertiary alicyclic amines) is 1. The number of benzene rings is 1. The lowest BCUT2D eigenvalue weighted by molar-refractivity contribution is -0.132. The van der Waals surface area contributed by atoms with Crippen LogP contribution in [0.1, 0.15) is 46.5 Å². The van der Waals surface area contributed by atoms with Gasteiger partial charge in [-0.05, 0) is 43.9 Å². The number of carbonyl (C=O) groups is 1. The van der Waals surface area contributed by atoms with Crippen LogP contribution >= 0.6 is 11.8 Å². The van der Waals surface area contributed by atoms with E-state index in [-0.39, 0.29) is 22.4 Å². The van der Waals surface area contributed by atoms with E-state index in [9.17, 15) is 13.2 Å². The molecular weight excluding hydrogens is 436 g/mol. The van der Waals surface area contributed by atoms with Crippen LogP contribution in [0.25, 0.3) is 11.5 Å². The number of thioether (sulfide) groups is 1. The molecule has 0 saturated carbocycles. The van der Waals surface area contributed by atoms with E-state index >= 15 is 0 Å². The van der Waals surface area contributed by atoms with E-state index in [2.05, 4.69) is 17.1 Å². The second kappa shape index (κ2) is 10.6. The van der Waals surface area contributed by atoms with E-state index in [4.69, 9.17) is 4.42 Å². The zero-order valence-corrected chi connectivity index (χ0v) is 19.9. The smallest absolute Gasteiger partial charge is 0.277 e. The van der Waals surface area contributed by atoms with Crippen molar-refractivity contribution >= 4 is 27.7 Å². The van der Waals surface area contributed by atoms with Crippen molar-refractivity contribution in [2.75, 3.05) is 25.4 Å². The minimum absolute atomic E-state index is 0.0867. The van der Waals surface area contributed by atoms with Gasteiger partial charge in [0, 0.05) is 31.2 Å². The minimum Gasteiger partial charge on any atom is -0.411 e. The molecule has 3 rings (SSSR count). The molecule has 0 aliphatic carbocycles. The van der Waals surface area contributed by atoms with E-state index in [1.54, 1.807) is 38.1 Å². The normalized spacial score (nSPS) is 17.3. The fraction of sp³-hybridized carbons (Fsp3) is 0.571. The van der Waals surface area contributed by atoms with Crippen molar-refractivity contribution in [1.82, 2.24) is 19.4 Å². The van der Waals surface area contributed by atoms with Gasteiger partial charge in [0.15, 0.2) is 0 Å². The Hall–Kier alpha value is -1.91. The summed E-state index contributed by atoms with van der Waals surface area (Å²) in [7, 11) is -3.58. The second-order valence-electron chi connectivity index (χ2n) is 7.42. The Morgan fingerprint density at radius 1 is 1.23 bits per heavy atom.